The number of pyridine rings is 2. The quantitative estimate of drug-likeness (QED) is 0.918. The maximum absolute atomic E-state index is 10.7. The van der Waals surface area contributed by atoms with Crippen LogP contribution in [0.1, 0.15) is 16.2 Å². The number of rotatable bonds is 4. The lowest BCUT2D eigenvalue weighted by Crippen LogP contribution is -2.05. The summed E-state index contributed by atoms with van der Waals surface area (Å²) in [6.07, 6.45) is 3.02. The molecule has 0 aliphatic heterocycles. The van der Waals surface area contributed by atoms with Crippen molar-refractivity contribution in [1.82, 2.24) is 9.97 Å². The van der Waals surface area contributed by atoms with E-state index in [4.69, 9.17) is 21.4 Å². The van der Waals surface area contributed by atoms with E-state index >= 15 is 0 Å². The molecule has 2 aromatic heterocycles. The highest BCUT2D eigenvalue weighted by molar-refractivity contribution is 6.30. The standard InChI is InChI=1S/C12H9ClN2O3/c13-8-4-10(6-14-5-8)18-7-9-2-1-3-11(15-9)12(16)17/h1-6H,7H2,(H,16,17). The Kier molecular flexibility index (Phi) is 3.74. The fourth-order valence-corrected chi connectivity index (χ4v) is 1.47. The van der Waals surface area contributed by atoms with Crippen molar-refractivity contribution in [3.05, 3.63) is 53.1 Å². The first kappa shape index (κ1) is 12.3. The normalized spacial score (nSPS) is 10.1. The van der Waals surface area contributed by atoms with Crippen molar-refractivity contribution in [3.8, 4) is 5.75 Å². The number of carboxylic acids is 1. The third-order valence-electron chi connectivity index (χ3n) is 2.09. The molecule has 1 N–H and O–H groups in total. The predicted octanol–water partition coefficient (Wildman–Crippen LogP) is 2.41. The fraction of sp³-hybridized carbons (Fsp3) is 0.0833. The van der Waals surface area contributed by atoms with Crippen molar-refractivity contribution < 1.29 is 14.6 Å². The molecule has 2 aromatic rings. The summed E-state index contributed by atoms with van der Waals surface area (Å²) >= 11 is 5.76. The Morgan fingerprint density at radius 3 is 2.94 bits per heavy atom. The van der Waals surface area contributed by atoms with Gasteiger partial charge in [-0.25, -0.2) is 9.78 Å². The molecule has 5 nitrogen and oxygen atoms in total. The molecule has 6 heteroatoms. The Bertz CT molecular complexity index is 575. The van der Waals surface area contributed by atoms with Crippen LogP contribution >= 0.6 is 11.6 Å². The van der Waals surface area contributed by atoms with Gasteiger partial charge in [0.15, 0.2) is 0 Å². The minimum Gasteiger partial charge on any atom is -0.486 e. The second-order valence-corrected chi connectivity index (χ2v) is 3.88. The molecule has 0 atom stereocenters. The maximum Gasteiger partial charge on any atom is 0.354 e. The van der Waals surface area contributed by atoms with Crippen molar-refractivity contribution in [1.29, 1.82) is 0 Å². The summed E-state index contributed by atoms with van der Waals surface area (Å²) in [6, 6.07) is 6.35. The van der Waals surface area contributed by atoms with Gasteiger partial charge in [0.05, 0.1) is 16.9 Å². The van der Waals surface area contributed by atoms with Gasteiger partial charge in [-0.05, 0) is 12.1 Å². The molecule has 0 aliphatic rings. The van der Waals surface area contributed by atoms with Crippen LogP contribution in [-0.4, -0.2) is 21.0 Å². The molecule has 0 radical (unpaired) electrons. The summed E-state index contributed by atoms with van der Waals surface area (Å²) in [4.78, 5) is 18.5. The number of carbonyl (C=O) groups is 1. The van der Waals surface area contributed by atoms with Gasteiger partial charge in [0.2, 0.25) is 0 Å². The monoisotopic (exact) mass is 264 g/mol. The molecule has 0 saturated heterocycles. The first-order valence-electron chi connectivity index (χ1n) is 5.08. The highest BCUT2D eigenvalue weighted by atomic mass is 35.5. The van der Waals surface area contributed by atoms with Gasteiger partial charge >= 0.3 is 5.97 Å². The van der Waals surface area contributed by atoms with E-state index in [1.807, 2.05) is 0 Å². The Morgan fingerprint density at radius 1 is 1.39 bits per heavy atom. The van der Waals surface area contributed by atoms with Gasteiger partial charge in [0, 0.05) is 12.3 Å². The molecule has 0 amide bonds. The Morgan fingerprint density at radius 2 is 2.22 bits per heavy atom. The summed E-state index contributed by atoms with van der Waals surface area (Å²) in [7, 11) is 0. The third-order valence-corrected chi connectivity index (χ3v) is 2.30. The first-order valence-corrected chi connectivity index (χ1v) is 5.45. The molecule has 0 fully saturated rings. The van der Waals surface area contributed by atoms with E-state index in [1.54, 1.807) is 18.2 Å². The highest BCUT2D eigenvalue weighted by Crippen LogP contribution is 2.16. The molecule has 2 rings (SSSR count). The lowest BCUT2D eigenvalue weighted by atomic mass is 10.3. The Balaban J connectivity index is 2.06. The van der Waals surface area contributed by atoms with Gasteiger partial charge in [-0.3, -0.25) is 4.98 Å². The lowest BCUT2D eigenvalue weighted by molar-refractivity contribution is 0.0690. The van der Waals surface area contributed by atoms with Crippen LogP contribution in [0.15, 0.2) is 36.7 Å². The molecule has 92 valence electrons. The van der Waals surface area contributed by atoms with E-state index in [-0.39, 0.29) is 12.3 Å². The fourth-order valence-electron chi connectivity index (χ4n) is 1.31. The van der Waals surface area contributed by atoms with Gasteiger partial charge in [0.25, 0.3) is 0 Å². The average molecular weight is 265 g/mol. The number of aromatic nitrogens is 2. The van der Waals surface area contributed by atoms with E-state index in [0.29, 0.717) is 16.5 Å². The molecular weight excluding hydrogens is 256 g/mol. The summed E-state index contributed by atoms with van der Waals surface area (Å²) in [5.41, 5.74) is 0.509. The molecule has 0 aromatic carbocycles. The Labute approximate surface area is 108 Å². The SMILES string of the molecule is O=C(O)c1cccc(COc2cncc(Cl)c2)n1. The zero-order chi connectivity index (χ0) is 13.0. The van der Waals surface area contributed by atoms with Gasteiger partial charge in [-0.2, -0.15) is 0 Å². The molecule has 0 aliphatic carbocycles. The van der Waals surface area contributed by atoms with E-state index < -0.39 is 5.97 Å². The zero-order valence-electron chi connectivity index (χ0n) is 9.21. The van der Waals surface area contributed by atoms with Crippen LogP contribution in [0.2, 0.25) is 5.02 Å². The molecule has 2 heterocycles. The van der Waals surface area contributed by atoms with Crippen molar-refractivity contribution in [2.24, 2.45) is 0 Å². The summed E-state index contributed by atoms with van der Waals surface area (Å²) in [5.74, 6) is -0.564. The third kappa shape index (κ3) is 3.18. The number of ether oxygens (including phenoxy) is 1. The predicted molar refractivity (Wildman–Crippen MR) is 64.8 cm³/mol. The van der Waals surface area contributed by atoms with Crippen molar-refractivity contribution in [2.75, 3.05) is 0 Å². The minimum atomic E-state index is -1.07. The number of aromatic carboxylic acids is 1. The average Bonchev–Trinajstić information content (AvgIpc) is 2.37. The summed E-state index contributed by atoms with van der Waals surface area (Å²) in [5, 5.41) is 9.27. The van der Waals surface area contributed by atoms with Gasteiger partial charge in [-0.1, -0.05) is 17.7 Å². The van der Waals surface area contributed by atoms with E-state index in [1.165, 1.54) is 18.5 Å². The van der Waals surface area contributed by atoms with Crippen molar-refractivity contribution in [2.45, 2.75) is 6.61 Å². The van der Waals surface area contributed by atoms with Crippen LogP contribution in [0, 0.1) is 0 Å². The molecule has 0 unspecified atom stereocenters. The molecular formula is C12H9ClN2O3. The molecule has 18 heavy (non-hydrogen) atoms. The van der Waals surface area contributed by atoms with E-state index in [2.05, 4.69) is 9.97 Å². The number of hydrogen-bond donors (Lipinski definition) is 1. The number of nitrogens with zero attached hydrogens (tertiary/aromatic N) is 2. The van der Waals surface area contributed by atoms with Crippen LogP contribution in [0.3, 0.4) is 0 Å². The number of halogens is 1. The van der Waals surface area contributed by atoms with Crippen LogP contribution in [-0.2, 0) is 6.61 Å². The topological polar surface area (TPSA) is 72.3 Å². The van der Waals surface area contributed by atoms with Gasteiger partial charge in [-0.15, -0.1) is 0 Å². The zero-order valence-corrected chi connectivity index (χ0v) is 9.96. The molecule has 0 saturated carbocycles. The largest absolute Gasteiger partial charge is 0.486 e. The van der Waals surface area contributed by atoms with E-state index in [9.17, 15) is 4.79 Å². The van der Waals surface area contributed by atoms with Crippen molar-refractivity contribution >= 4 is 17.6 Å². The van der Waals surface area contributed by atoms with Crippen LogP contribution in [0.25, 0.3) is 0 Å². The summed E-state index contributed by atoms with van der Waals surface area (Å²) < 4.78 is 5.41. The summed E-state index contributed by atoms with van der Waals surface area (Å²) in [6.45, 7) is 0.156. The molecule has 0 bridgehead atoms. The van der Waals surface area contributed by atoms with Crippen LogP contribution < -0.4 is 4.74 Å². The van der Waals surface area contributed by atoms with Crippen LogP contribution in [0.5, 0.6) is 5.75 Å². The number of hydrogen-bond acceptors (Lipinski definition) is 4. The van der Waals surface area contributed by atoms with E-state index in [0.717, 1.165) is 0 Å². The van der Waals surface area contributed by atoms with Gasteiger partial charge in [0.1, 0.15) is 18.1 Å². The second kappa shape index (κ2) is 5.46. The Hall–Kier alpha value is -2.14. The first-order chi connectivity index (χ1) is 8.65. The highest BCUT2D eigenvalue weighted by Gasteiger charge is 2.05. The minimum absolute atomic E-state index is 0.0136. The lowest BCUT2D eigenvalue weighted by Gasteiger charge is -2.05. The number of carboxylic acid groups (broad SMARTS) is 1. The maximum atomic E-state index is 10.7. The van der Waals surface area contributed by atoms with Crippen LogP contribution in [0.4, 0.5) is 0 Å². The second-order valence-electron chi connectivity index (χ2n) is 3.45. The smallest absolute Gasteiger partial charge is 0.354 e. The van der Waals surface area contributed by atoms with Gasteiger partial charge < -0.3 is 9.84 Å². The van der Waals surface area contributed by atoms with Crippen molar-refractivity contribution in [3.63, 3.8) is 0 Å². The molecule has 0 spiro atoms.